The number of hydrogen-bond acceptors (Lipinski definition) is 5. The molecule has 2 aromatic rings. The molecule has 0 radical (unpaired) electrons. The van der Waals surface area contributed by atoms with E-state index in [0.717, 1.165) is 35.1 Å². The minimum absolute atomic E-state index is 0.0404. The summed E-state index contributed by atoms with van der Waals surface area (Å²) in [6, 6.07) is 14.0. The maximum absolute atomic E-state index is 12.8. The zero-order valence-corrected chi connectivity index (χ0v) is 19.1. The van der Waals surface area contributed by atoms with Crippen LogP contribution < -0.4 is 10.6 Å². The van der Waals surface area contributed by atoms with Crippen LogP contribution in [0.25, 0.3) is 11.1 Å². The zero-order valence-electron chi connectivity index (χ0n) is 19.1. The second-order valence-electron chi connectivity index (χ2n) is 9.23. The molecule has 2 aliphatic carbocycles. The Bertz CT molecular complexity index is 1130. The Morgan fingerprint density at radius 3 is 2.23 bits per heavy atom. The average molecular weight is 478 g/mol. The molecule has 2 aromatic carbocycles. The first-order valence-electron chi connectivity index (χ1n) is 11.9. The van der Waals surface area contributed by atoms with Crippen molar-refractivity contribution in [2.75, 3.05) is 13.2 Å². The van der Waals surface area contributed by atoms with Crippen molar-refractivity contribution in [2.24, 2.45) is 0 Å². The van der Waals surface area contributed by atoms with Gasteiger partial charge in [0, 0.05) is 18.5 Å². The van der Waals surface area contributed by atoms with E-state index in [2.05, 4.69) is 10.6 Å². The quantitative estimate of drug-likeness (QED) is 0.536. The highest BCUT2D eigenvalue weighted by Gasteiger charge is 2.41. The van der Waals surface area contributed by atoms with Crippen LogP contribution in [-0.2, 0) is 19.1 Å². The number of ether oxygens (including phenoxy) is 1. The van der Waals surface area contributed by atoms with Crippen LogP contribution in [0.4, 0.5) is 4.79 Å². The van der Waals surface area contributed by atoms with Gasteiger partial charge in [0.1, 0.15) is 18.7 Å². The third-order valence-corrected chi connectivity index (χ3v) is 6.87. The monoisotopic (exact) mass is 477 g/mol. The highest BCUT2D eigenvalue weighted by atomic mass is 16.5. The summed E-state index contributed by atoms with van der Waals surface area (Å²) in [7, 11) is 0. The number of carbonyl (C=O) groups is 4. The fraction of sp³-hybridized carbons (Fsp3) is 0.385. The molecule has 9 heteroatoms. The molecule has 1 heterocycles. The Balaban J connectivity index is 1.21. The summed E-state index contributed by atoms with van der Waals surface area (Å²) in [6.45, 7) is 0.608. The number of carboxylic acids is 1. The second kappa shape index (κ2) is 9.40. The molecule has 2 fully saturated rings. The summed E-state index contributed by atoms with van der Waals surface area (Å²) >= 11 is 0. The number of nitrogens with zero attached hydrogens (tertiary/aromatic N) is 1. The second-order valence-corrected chi connectivity index (χ2v) is 9.23. The number of nitrogens with one attached hydrogen (secondary N) is 2. The Morgan fingerprint density at radius 1 is 1.00 bits per heavy atom. The van der Waals surface area contributed by atoms with E-state index < -0.39 is 36.5 Å². The number of carbonyl (C=O) groups excluding carboxylic acids is 3. The van der Waals surface area contributed by atoms with Gasteiger partial charge in [-0.2, -0.15) is 0 Å². The molecule has 3 aliphatic rings. The van der Waals surface area contributed by atoms with Crippen LogP contribution in [0.15, 0.2) is 48.5 Å². The smallest absolute Gasteiger partial charge is 0.407 e. The van der Waals surface area contributed by atoms with Crippen LogP contribution in [-0.4, -0.2) is 65.2 Å². The Kier molecular flexibility index (Phi) is 6.15. The molecule has 0 bridgehead atoms. The van der Waals surface area contributed by atoms with Crippen molar-refractivity contribution in [2.45, 2.75) is 49.7 Å². The molecule has 1 saturated heterocycles. The SMILES string of the molecule is O=C(O)CC(NC(=O)OCC1c2ccccc2-c2ccccc21)C(=O)NC1CCN(C2CC2)C1=O. The van der Waals surface area contributed by atoms with Gasteiger partial charge in [0.25, 0.3) is 0 Å². The number of likely N-dealkylation sites (tertiary alicyclic amines) is 1. The highest BCUT2D eigenvalue weighted by molar-refractivity contribution is 5.94. The largest absolute Gasteiger partial charge is 0.481 e. The lowest BCUT2D eigenvalue weighted by Gasteiger charge is -2.21. The third-order valence-electron chi connectivity index (χ3n) is 6.87. The standard InChI is InChI=1S/C26H27N3O6/c30-23(31)13-22(24(32)27-21-11-12-29(25(21)33)15-9-10-15)28-26(34)35-14-20-18-7-3-1-5-16(18)17-6-2-4-8-19(17)20/h1-8,15,20-22H,9-14H2,(H,27,32)(H,28,34)(H,30,31). The van der Waals surface area contributed by atoms with E-state index in [1.54, 1.807) is 4.90 Å². The van der Waals surface area contributed by atoms with Gasteiger partial charge in [-0.25, -0.2) is 4.79 Å². The number of rotatable bonds is 8. The van der Waals surface area contributed by atoms with Crippen molar-refractivity contribution >= 4 is 23.9 Å². The molecule has 2 unspecified atom stereocenters. The molecule has 9 nitrogen and oxygen atoms in total. The molecule has 1 saturated carbocycles. The molecule has 3 amide bonds. The number of alkyl carbamates (subject to hydrolysis) is 1. The lowest BCUT2D eigenvalue weighted by molar-refractivity contribution is -0.140. The first kappa shape index (κ1) is 22.9. The van der Waals surface area contributed by atoms with E-state index in [1.165, 1.54) is 0 Å². The number of aliphatic carboxylic acids is 1. The molecule has 2 atom stereocenters. The Hall–Kier alpha value is -3.88. The van der Waals surface area contributed by atoms with Crippen molar-refractivity contribution < 1.29 is 29.0 Å². The van der Waals surface area contributed by atoms with Gasteiger partial charge in [-0.3, -0.25) is 14.4 Å². The summed E-state index contributed by atoms with van der Waals surface area (Å²) < 4.78 is 5.45. The molecule has 3 N–H and O–H groups in total. The topological polar surface area (TPSA) is 125 Å². The predicted molar refractivity (Wildman–Crippen MR) is 126 cm³/mol. The number of benzene rings is 2. The Labute approximate surface area is 202 Å². The van der Waals surface area contributed by atoms with Crippen molar-refractivity contribution in [3.05, 3.63) is 59.7 Å². The van der Waals surface area contributed by atoms with Crippen molar-refractivity contribution in [1.29, 1.82) is 0 Å². The minimum Gasteiger partial charge on any atom is -0.481 e. The van der Waals surface area contributed by atoms with Crippen LogP contribution in [0.3, 0.4) is 0 Å². The van der Waals surface area contributed by atoms with E-state index >= 15 is 0 Å². The maximum atomic E-state index is 12.8. The third kappa shape index (κ3) is 4.71. The van der Waals surface area contributed by atoms with Crippen LogP contribution in [0.1, 0.15) is 42.7 Å². The van der Waals surface area contributed by atoms with Gasteiger partial charge in [0.2, 0.25) is 11.8 Å². The molecule has 0 aromatic heterocycles. The first-order chi connectivity index (χ1) is 16.9. The zero-order chi connectivity index (χ0) is 24.5. The normalized spacial score (nSPS) is 19.6. The van der Waals surface area contributed by atoms with Gasteiger partial charge >= 0.3 is 12.1 Å². The highest BCUT2D eigenvalue weighted by Crippen LogP contribution is 2.44. The van der Waals surface area contributed by atoms with Crippen molar-refractivity contribution in [3.8, 4) is 11.1 Å². The molecule has 35 heavy (non-hydrogen) atoms. The van der Waals surface area contributed by atoms with Crippen LogP contribution in [0.2, 0.25) is 0 Å². The van der Waals surface area contributed by atoms with E-state index in [0.29, 0.717) is 13.0 Å². The Morgan fingerprint density at radius 2 is 1.63 bits per heavy atom. The van der Waals surface area contributed by atoms with E-state index in [4.69, 9.17) is 4.74 Å². The molecule has 5 rings (SSSR count). The van der Waals surface area contributed by atoms with E-state index in [-0.39, 0.29) is 24.5 Å². The number of amides is 3. The summed E-state index contributed by atoms with van der Waals surface area (Å²) in [4.78, 5) is 51.0. The molecular formula is C26H27N3O6. The maximum Gasteiger partial charge on any atom is 0.407 e. The lowest BCUT2D eigenvalue weighted by Crippen LogP contribution is -2.52. The van der Waals surface area contributed by atoms with Gasteiger partial charge in [-0.15, -0.1) is 0 Å². The summed E-state index contributed by atoms with van der Waals surface area (Å²) in [5.41, 5.74) is 4.26. The fourth-order valence-corrected chi connectivity index (χ4v) is 5.02. The lowest BCUT2D eigenvalue weighted by atomic mass is 9.98. The van der Waals surface area contributed by atoms with Gasteiger partial charge in [-0.1, -0.05) is 48.5 Å². The summed E-state index contributed by atoms with van der Waals surface area (Å²) in [6.07, 6.45) is 0.898. The van der Waals surface area contributed by atoms with Crippen LogP contribution >= 0.6 is 0 Å². The van der Waals surface area contributed by atoms with Crippen LogP contribution in [0.5, 0.6) is 0 Å². The first-order valence-corrected chi connectivity index (χ1v) is 11.9. The molecule has 1 aliphatic heterocycles. The van der Waals surface area contributed by atoms with Crippen LogP contribution in [0, 0.1) is 0 Å². The molecule has 0 spiro atoms. The number of carboxylic acid groups (broad SMARTS) is 1. The van der Waals surface area contributed by atoms with Crippen molar-refractivity contribution in [3.63, 3.8) is 0 Å². The number of fused-ring (bicyclic) bond motifs is 3. The van der Waals surface area contributed by atoms with Gasteiger partial charge in [0.15, 0.2) is 0 Å². The van der Waals surface area contributed by atoms with E-state index in [1.807, 2.05) is 48.5 Å². The fourth-order valence-electron chi connectivity index (χ4n) is 5.02. The minimum atomic E-state index is -1.36. The molecule has 182 valence electrons. The summed E-state index contributed by atoms with van der Waals surface area (Å²) in [5.74, 6) is -2.28. The predicted octanol–water partition coefficient (Wildman–Crippen LogP) is 2.25. The van der Waals surface area contributed by atoms with Gasteiger partial charge < -0.3 is 25.4 Å². The molecular weight excluding hydrogens is 450 g/mol. The average Bonchev–Trinajstić information content (AvgIpc) is 3.55. The summed E-state index contributed by atoms with van der Waals surface area (Å²) in [5, 5.41) is 14.2. The van der Waals surface area contributed by atoms with Gasteiger partial charge in [0.05, 0.1) is 6.42 Å². The van der Waals surface area contributed by atoms with E-state index in [9.17, 15) is 24.3 Å². The van der Waals surface area contributed by atoms with Crippen molar-refractivity contribution in [1.82, 2.24) is 15.5 Å². The van der Waals surface area contributed by atoms with Gasteiger partial charge in [-0.05, 0) is 41.5 Å². The number of hydrogen-bond donors (Lipinski definition) is 3.